The van der Waals surface area contributed by atoms with Crippen molar-refractivity contribution in [1.82, 2.24) is 24.9 Å². The van der Waals surface area contributed by atoms with Crippen LogP contribution in [0.2, 0.25) is 0 Å². The van der Waals surface area contributed by atoms with Gasteiger partial charge in [-0.1, -0.05) is 0 Å². The lowest BCUT2D eigenvalue weighted by Crippen LogP contribution is -2.27. The Kier molecular flexibility index (Phi) is 6.27. The van der Waals surface area contributed by atoms with Gasteiger partial charge in [-0.25, -0.2) is 28.7 Å². The zero-order valence-corrected chi connectivity index (χ0v) is 21.5. The number of nitrogens with zero attached hydrogens (tertiary/aromatic N) is 6. The fraction of sp³-hybridized carbons (Fsp3) is 0.414. The van der Waals surface area contributed by atoms with Crippen molar-refractivity contribution < 1.29 is 13.5 Å². The van der Waals surface area contributed by atoms with Gasteiger partial charge in [-0.2, -0.15) is 0 Å². The van der Waals surface area contributed by atoms with E-state index in [4.69, 9.17) is 14.7 Å². The minimum Gasteiger partial charge on any atom is -0.381 e. The van der Waals surface area contributed by atoms with Gasteiger partial charge in [-0.3, -0.25) is 4.98 Å². The molecule has 10 heteroatoms. The average molecular weight is 530 g/mol. The van der Waals surface area contributed by atoms with E-state index in [-0.39, 0.29) is 5.82 Å². The van der Waals surface area contributed by atoms with Gasteiger partial charge in [0.05, 0.1) is 17.9 Å². The quantitative estimate of drug-likeness (QED) is 0.344. The Morgan fingerprint density at radius 2 is 1.79 bits per heavy atom. The smallest absolute Gasteiger partial charge is 0.168 e. The molecule has 0 spiro atoms. The lowest BCUT2D eigenvalue weighted by Gasteiger charge is -2.28. The van der Waals surface area contributed by atoms with E-state index in [0.29, 0.717) is 29.4 Å². The van der Waals surface area contributed by atoms with Gasteiger partial charge in [0.1, 0.15) is 17.5 Å². The van der Waals surface area contributed by atoms with Gasteiger partial charge < -0.3 is 15.0 Å². The van der Waals surface area contributed by atoms with Gasteiger partial charge in [0, 0.05) is 55.7 Å². The number of nitrogens with one attached hydrogen (secondary N) is 1. The molecule has 39 heavy (non-hydrogen) atoms. The number of hydrogen-bond donors (Lipinski definition) is 1. The molecule has 1 aliphatic carbocycles. The van der Waals surface area contributed by atoms with Gasteiger partial charge in [-0.15, -0.1) is 0 Å². The van der Waals surface area contributed by atoms with Crippen molar-refractivity contribution in [3.05, 3.63) is 60.2 Å². The van der Waals surface area contributed by atoms with Crippen molar-refractivity contribution in [2.24, 2.45) is 11.8 Å². The van der Waals surface area contributed by atoms with Crippen LogP contribution in [0.3, 0.4) is 0 Å². The summed E-state index contributed by atoms with van der Waals surface area (Å²) in [6, 6.07) is 4.37. The maximum absolute atomic E-state index is 14.2. The average Bonchev–Trinajstić information content (AvgIpc) is 3.70. The van der Waals surface area contributed by atoms with Crippen LogP contribution in [0.4, 0.5) is 26.2 Å². The molecule has 0 radical (unpaired) electrons. The first-order valence-corrected chi connectivity index (χ1v) is 13.7. The highest BCUT2D eigenvalue weighted by Crippen LogP contribution is 2.45. The normalized spacial score (nSPS) is 20.1. The van der Waals surface area contributed by atoms with E-state index in [2.05, 4.69) is 25.2 Å². The van der Waals surface area contributed by atoms with Crippen molar-refractivity contribution in [3.63, 3.8) is 0 Å². The summed E-state index contributed by atoms with van der Waals surface area (Å²) in [6.45, 7) is 3.64. The number of anilines is 3. The highest BCUT2D eigenvalue weighted by atomic mass is 19.1. The first-order valence-electron chi connectivity index (χ1n) is 13.7. The molecule has 1 saturated carbocycles. The van der Waals surface area contributed by atoms with Gasteiger partial charge >= 0.3 is 0 Å². The summed E-state index contributed by atoms with van der Waals surface area (Å²) < 4.78 is 33.1. The Labute approximate surface area is 224 Å². The van der Waals surface area contributed by atoms with Crippen LogP contribution in [0.25, 0.3) is 22.3 Å². The minimum atomic E-state index is -0.793. The molecule has 2 saturated heterocycles. The molecular weight excluding hydrogens is 500 g/mol. The molecule has 200 valence electrons. The van der Waals surface area contributed by atoms with Crippen molar-refractivity contribution in [2.45, 2.75) is 38.0 Å². The SMILES string of the molecule is Fc1cnc(Nc2cc(-c3nc(N4CCC(C5CCOCC5)C4)c4c(C5CC5)cncc4n3)ccn2)c(F)c1. The molecule has 1 unspecified atom stereocenters. The fourth-order valence-corrected chi connectivity index (χ4v) is 5.97. The molecule has 3 aliphatic rings. The molecule has 1 N–H and O–H groups in total. The van der Waals surface area contributed by atoms with E-state index in [9.17, 15) is 8.78 Å². The van der Waals surface area contributed by atoms with Crippen molar-refractivity contribution in [2.75, 3.05) is 36.5 Å². The monoisotopic (exact) mass is 529 g/mol. The number of halogens is 2. The molecule has 4 aromatic rings. The standard InChI is InChI=1S/C29H29F2N7O/c30-21-12-23(31)28(34-13-21)36-25-11-19(3-7-33-25)27-35-24-15-32-14-22(18-1-2-18)26(24)29(37-27)38-8-4-20(16-38)17-5-9-39-10-6-17/h3,7,11-15,17-18,20H,1-2,4-6,8-10,16H2,(H,33,34,36). The summed E-state index contributed by atoms with van der Waals surface area (Å²) in [4.78, 5) is 25.1. The Hall–Kier alpha value is -3.79. The van der Waals surface area contributed by atoms with Gasteiger partial charge in [0.15, 0.2) is 17.5 Å². The van der Waals surface area contributed by atoms with Crippen LogP contribution in [-0.2, 0) is 4.74 Å². The minimum absolute atomic E-state index is 0.101. The van der Waals surface area contributed by atoms with Gasteiger partial charge in [0.2, 0.25) is 0 Å². The van der Waals surface area contributed by atoms with E-state index in [1.165, 1.54) is 18.4 Å². The number of hydrogen-bond acceptors (Lipinski definition) is 8. The van der Waals surface area contributed by atoms with Gasteiger partial charge in [0.25, 0.3) is 0 Å². The molecule has 0 amide bonds. The summed E-state index contributed by atoms with van der Waals surface area (Å²) in [6.07, 6.45) is 12.1. The van der Waals surface area contributed by atoms with Crippen LogP contribution >= 0.6 is 0 Å². The number of aromatic nitrogens is 5. The lowest BCUT2D eigenvalue weighted by molar-refractivity contribution is 0.0500. The predicted molar refractivity (Wildman–Crippen MR) is 144 cm³/mol. The highest BCUT2D eigenvalue weighted by Gasteiger charge is 2.34. The summed E-state index contributed by atoms with van der Waals surface area (Å²) in [7, 11) is 0. The van der Waals surface area contributed by atoms with E-state index >= 15 is 0 Å². The first kappa shape index (κ1) is 24.3. The van der Waals surface area contributed by atoms with Crippen LogP contribution in [0, 0.1) is 23.5 Å². The van der Waals surface area contributed by atoms with Crippen LogP contribution in [0.15, 0.2) is 43.0 Å². The molecule has 0 aromatic carbocycles. The molecule has 0 bridgehead atoms. The van der Waals surface area contributed by atoms with Crippen LogP contribution in [-0.4, -0.2) is 51.2 Å². The van der Waals surface area contributed by atoms with Crippen LogP contribution in [0.5, 0.6) is 0 Å². The largest absolute Gasteiger partial charge is 0.381 e. The molecule has 1 atom stereocenters. The van der Waals surface area contributed by atoms with Crippen LogP contribution in [0.1, 0.15) is 43.6 Å². The van der Waals surface area contributed by atoms with E-state index in [0.717, 1.165) is 80.1 Å². The zero-order chi connectivity index (χ0) is 26.3. The van der Waals surface area contributed by atoms with Gasteiger partial charge in [-0.05, 0) is 67.6 Å². The van der Waals surface area contributed by atoms with E-state index < -0.39 is 11.6 Å². The third-order valence-electron chi connectivity index (χ3n) is 8.16. The third kappa shape index (κ3) is 4.89. The molecule has 2 aliphatic heterocycles. The number of ether oxygens (including phenoxy) is 1. The Morgan fingerprint density at radius 3 is 2.62 bits per heavy atom. The predicted octanol–water partition coefficient (Wildman–Crippen LogP) is 5.63. The molecular formula is C29H29F2N7O. The first-order chi connectivity index (χ1) is 19.1. The molecule has 3 fully saturated rings. The summed E-state index contributed by atoms with van der Waals surface area (Å²) >= 11 is 0. The molecule has 7 rings (SSSR count). The second kappa shape index (κ2) is 10.1. The number of fused-ring (bicyclic) bond motifs is 1. The summed E-state index contributed by atoms with van der Waals surface area (Å²) in [5, 5.41) is 3.94. The molecule has 4 aromatic heterocycles. The Balaban J connectivity index is 1.26. The second-order valence-corrected chi connectivity index (χ2v) is 10.8. The zero-order valence-electron chi connectivity index (χ0n) is 21.5. The Morgan fingerprint density at radius 1 is 0.923 bits per heavy atom. The second-order valence-electron chi connectivity index (χ2n) is 10.8. The Bertz CT molecular complexity index is 1520. The number of pyridine rings is 3. The topological polar surface area (TPSA) is 89.0 Å². The maximum atomic E-state index is 14.2. The van der Waals surface area contributed by atoms with Crippen molar-refractivity contribution >= 4 is 28.4 Å². The summed E-state index contributed by atoms with van der Waals surface area (Å²) in [5.41, 5.74) is 2.79. The molecule has 8 nitrogen and oxygen atoms in total. The summed E-state index contributed by atoms with van der Waals surface area (Å²) in [5.74, 6) is 2.08. The maximum Gasteiger partial charge on any atom is 0.168 e. The lowest BCUT2D eigenvalue weighted by atomic mass is 9.85. The number of rotatable bonds is 6. The highest BCUT2D eigenvalue weighted by molar-refractivity contribution is 5.94. The molecule has 6 heterocycles. The fourth-order valence-electron chi connectivity index (χ4n) is 5.97. The van der Waals surface area contributed by atoms with Crippen molar-refractivity contribution in [1.29, 1.82) is 0 Å². The van der Waals surface area contributed by atoms with E-state index in [1.54, 1.807) is 12.3 Å². The third-order valence-corrected chi connectivity index (χ3v) is 8.16. The van der Waals surface area contributed by atoms with Crippen molar-refractivity contribution in [3.8, 4) is 11.4 Å². The van der Waals surface area contributed by atoms with E-state index in [1.807, 2.05) is 18.5 Å². The van der Waals surface area contributed by atoms with Crippen LogP contribution < -0.4 is 10.2 Å².